The van der Waals surface area contributed by atoms with Crippen LogP contribution in [-0.2, 0) is 9.59 Å². The van der Waals surface area contributed by atoms with Gasteiger partial charge in [-0.2, -0.15) is 0 Å². The number of ether oxygens (including phenoxy) is 2. The Balaban J connectivity index is 1.93. The second kappa shape index (κ2) is 11.2. The fourth-order valence-electron chi connectivity index (χ4n) is 3.80. The number of carbonyl (C=O) groups excluding carboxylic acids is 2. The summed E-state index contributed by atoms with van der Waals surface area (Å²) in [6, 6.07) is 14.8. The first-order valence-electron chi connectivity index (χ1n) is 11.1. The smallest absolute Gasteiger partial charge is 0.283 e. The van der Waals surface area contributed by atoms with Crippen molar-refractivity contribution in [2.45, 2.75) is 39.8 Å². The van der Waals surface area contributed by atoms with Crippen LogP contribution in [0.15, 0.2) is 59.2 Å². The van der Waals surface area contributed by atoms with Crippen LogP contribution in [0.4, 0.5) is 5.69 Å². The van der Waals surface area contributed by atoms with E-state index in [-0.39, 0.29) is 29.7 Å². The number of amides is 2. The summed E-state index contributed by atoms with van der Waals surface area (Å²) >= 11 is 1.26. The van der Waals surface area contributed by atoms with E-state index in [1.807, 2.05) is 75.1 Å². The molecular formula is C26H31N3O4S. The van der Waals surface area contributed by atoms with Crippen molar-refractivity contribution < 1.29 is 19.1 Å². The van der Waals surface area contributed by atoms with Gasteiger partial charge in [-0.25, -0.2) is 4.99 Å². The number of hydrogen-bond acceptors (Lipinski definition) is 6. The Morgan fingerprint density at radius 3 is 2.26 bits per heavy atom. The monoisotopic (exact) mass is 481 g/mol. The van der Waals surface area contributed by atoms with E-state index in [1.54, 1.807) is 26.4 Å². The Morgan fingerprint density at radius 1 is 1.03 bits per heavy atom. The molecule has 1 heterocycles. The van der Waals surface area contributed by atoms with E-state index < -0.39 is 0 Å². The quantitative estimate of drug-likeness (QED) is 0.505. The molecule has 0 unspecified atom stereocenters. The van der Waals surface area contributed by atoms with Gasteiger partial charge in [0.15, 0.2) is 5.17 Å². The van der Waals surface area contributed by atoms with E-state index in [4.69, 9.17) is 9.47 Å². The SMILES string of the molecule is COc1ccc(/C=C2\N=C(SCC(=O)N(C(C)C)C(C)C)N(c3cccc(OC)c3)C2=O)cc1. The molecule has 2 aromatic carbocycles. The van der Waals surface area contributed by atoms with Gasteiger partial charge in [-0.05, 0) is 63.6 Å². The van der Waals surface area contributed by atoms with E-state index in [0.717, 1.165) is 11.3 Å². The highest BCUT2D eigenvalue weighted by atomic mass is 32.2. The van der Waals surface area contributed by atoms with Gasteiger partial charge < -0.3 is 14.4 Å². The highest BCUT2D eigenvalue weighted by Gasteiger charge is 2.33. The van der Waals surface area contributed by atoms with Crippen molar-refractivity contribution in [3.05, 3.63) is 59.8 Å². The molecule has 0 saturated carbocycles. The number of nitrogens with zero attached hydrogens (tertiary/aromatic N) is 3. The standard InChI is InChI=1S/C26H31N3O4S/c1-17(2)28(18(3)4)24(30)16-34-26-27-23(14-19-10-12-21(32-5)13-11-19)25(31)29(26)20-8-7-9-22(15-20)33-6/h7-15,17-18H,16H2,1-6H3/b23-14-. The minimum Gasteiger partial charge on any atom is -0.497 e. The Labute approximate surface area is 205 Å². The molecule has 0 spiro atoms. The summed E-state index contributed by atoms with van der Waals surface area (Å²) in [7, 11) is 3.18. The fourth-order valence-corrected chi connectivity index (χ4v) is 4.68. The lowest BCUT2D eigenvalue weighted by Crippen LogP contribution is -2.43. The molecular weight excluding hydrogens is 450 g/mol. The normalized spacial score (nSPS) is 14.7. The number of methoxy groups -OCH3 is 2. The van der Waals surface area contributed by atoms with Gasteiger partial charge in [0.2, 0.25) is 5.91 Å². The summed E-state index contributed by atoms with van der Waals surface area (Å²) in [6.45, 7) is 7.99. The van der Waals surface area contributed by atoms with Gasteiger partial charge in [0, 0.05) is 18.2 Å². The molecule has 0 radical (unpaired) electrons. The van der Waals surface area contributed by atoms with Crippen LogP contribution >= 0.6 is 11.8 Å². The molecule has 2 aromatic rings. The summed E-state index contributed by atoms with van der Waals surface area (Å²) < 4.78 is 10.5. The number of amidine groups is 1. The molecule has 0 saturated heterocycles. The average molecular weight is 482 g/mol. The highest BCUT2D eigenvalue weighted by Crippen LogP contribution is 2.31. The molecule has 0 aliphatic carbocycles. The van der Waals surface area contributed by atoms with Crippen LogP contribution < -0.4 is 14.4 Å². The number of anilines is 1. The van der Waals surface area contributed by atoms with Gasteiger partial charge in [0.25, 0.3) is 5.91 Å². The van der Waals surface area contributed by atoms with E-state index in [2.05, 4.69) is 4.99 Å². The molecule has 0 aromatic heterocycles. The maximum absolute atomic E-state index is 13.4. The molecule has 1 aliphatic heterocycles. The van der Waals surface area contributed by atoms with Crippen LogP contribution in [0, 0.1) is 0 Å². The minimum absolute atomic E-state index is 0.00308. The largest absolute Gasteiger partial charge is 0.497 e. The Hall–Kier alpha value is -3.26. The maximum atomic E-state index is 13.4. The van der Waals surface area contributed by atoms with E-state index in [1.165, 1.54) is 16.7 Å². The molecule has 0 bridgehead atoms. The molecule has 180 valence electrons. The van der Waals surface area contributed by atoms with Crippen LogP contribution in [0.5, 0.6) is 11.5 Å². The maximum Gasteiger partial charge on any atom is 0.283 e. The topological polar surface area (TPSA) is 71.4 Å². The lowest BCUT2D eigenvalue weighted by molar-refractivity contribution is -0.131. The zero-order valence-electron chi connectivity index (χ0n) is 20.4. The molecule has 0 fully saturated rings. The summed E-state index contributed by atoms with van der Waals surface area (Å²) in [6.07, 6.45) is 1.73. The first kappa shape index (κ1) is 25.4. The fraction of sp³-hybridized carbons (Fsp3) is 0.346. The van der Waals surface area contributed by atoms with Crippen LogP contribution in [-0.4, -0.2) is 53.9 Å². The lowest BCUT2D eigenvalue weighted by atomic mass is 10.2. The van der Waals surface area contributed by atoms with Crippen molar-refractivity contribution >= 4 is 40.5 Å². The van der Waals surface area contributed by atoms with Crippen molar-refractivity contribution in [1.29, 1.82) is 0 Å². The summed E-state index contributed by atoms with van der Waals surface area (Å²) in [4.78, 5) is 34.3. The predicted octanol–water partition coefficient (Wildman–Crippen LogP) is 4.83. The molecule has 34 heavy (non-hydrogen) atoms. The molecule has 7 nitrogen and oxygen atoms in total. The molecule has 0 N–H and O–H groups in total. The molecule has 2 amide bonds. The van der Waals surface area contributed by atoms with Crippen molar-refractivity contribution in [3.63, 3.8) is 0 Å². The Bertz CT molecular complexity index is 1090. The zero-order chi connectivity index (χ0) is 24.8. The van der Waals surface area contributed by atoms with Crippen LogP contribution in [0.1, 0.15) is 33.3 Å². The van der Waals surface area contributed by atoms with Crippen molar-refractivity contribution in [2.75, 3.05) is 24.9 Å². The first-order valence-corrected chi connectivity index (χ1v) is 12.1. The summed E-state index contributed by atoms with van der Waals surface area (Å²) in [5.74, 6) is 1.28. The van der Waals surface area contributed by atoms with E-state index in [0.29, 0.717) is 22.3 Å². The molecule has 8 heteroatoms. The average Bonchev–Trinajstić information content (AvgIpc) is 3.12. The molecule has 1 aliphatic rings. The second-order valence-corrected chi connectivity index (χ2v) is 9.26. The van der Waals surface area contributed by atoms with Gasteiger partial charge >= 0.3 is 0 Å². The second-order valence-electron chi connectivity index (χ2n) is 8.32. The van der Waals surface area contributed by atoms with Gasteiger partial charge in [0.05, 0.1) is 25.7 Å². The third-order valence-electron chi connectivity index (χ3n) is 5.29. The summed E-state index contributed by atoms with van der Waals surface area (Å²) in [5, 5.41) is 0.457. The number of hydrogen-bond donors (Lipinski definition) is 0. The van der Waals surface area contributed by atoms with E-state index in [9.17, 15) is 9.59 Å². The number of aliphatic imine (C=N–C) groups is 1. The lowest BCUT2D eigenvalue weighted by Gasteiger charge is -2.30. The first-order chi connectivity index (χ1) is 16.2. The predicted molar refractivity (Wildman–Crippen MR) is 138 cm³/mol. The number of benzene rings is 2. The van der Waals surface area contributed by atoms with Gasteiger partial charge in [-0.1, -0.05) is 30.0 Å². The Kier molecular flexibility index (Phi) is 8.39. The van der Waals surface area contributed by atoms with Crippen molar-refractivity contribution in [2.24, 2.45) is 4.99 Å². The van der Waals surface area contributed by atoms with Crippen LogP contribution in [0.25, 0.3) is 6.08 Å². The van der Waals surface area contributed by atoms with Gasteiger partial charge in [-0.15, -0.1) is 0 Å². The molecule has 3 rings (SSSR count). The van der Waals surface area contributed by atoms with E-state index >= 15 is 0 Å². The van der Waals surface area contributed by atoms with Crippen LogP contribution in [0.2, 0.25) is 0 Å². The minimum atomic E-state index is -0.261. The Morgan fingerprint density at radius 2 is 1.68 bits per heavy atom. The number of thioether (sulfide) groups is 1. The zero-order valence-corrected chi connectivity index (χ0v) is 21.3. The third-order valence-corrected chi connectivity index (χ3v) is 6.21. The third kappa shape index (κ3) is 5.80. The van der Waals surface area contributed by atoms with Crippen molar-refractivity contribution in [1.82, 2.24) is 4.90 Å². The van der Waals surface area contributed by atoms with Crippen molar-refractivity contribution in [3.8, 4) is 11.5 Å². The van der Waals surface area contributed by atoms with Crippen LogP contribution in [0.3, 0.4) is 0 Å². The number of rotatable bonds is 8. The molecule has 0 atom stereocenters. The number of carbonyl (C=O) groups is 2. The van der Waals surface area contributed by atoms with Gasteiger partial charge in [-0.3, -0.25) is 14.5 Å². The highest BCUT2D eigenvalue weighted by molar-refractivity contribution is 8.14. The summed E-state index contributed by atoms with van der Waals surface area (Å²) in [5.41, 5.74) is 1.75. The van der Waals surface area contributed by atoms with Gasteiger partial charge in [0.1, 0.15) is 17.2 Å².